The van der Waals surface area contributed by atoms with E-state index in [1.54, 1.807) is 7.11 Å². The monoisotopic (exact) mass is 273 g/mol. The zero-order valence-electron chi connectivity index (χ0n) is 11.8. The van der Waals surface area contributed by atoms with Gasteiger partial charge >= 0.3 is 0 Å². The summed E-state index contributed by atoms with van der Waals surface area (Å²) in [5, 5.41) is 10.1. The van der Waals surface area contributed by atoms with E-state index >= 15 is 0 Å². The van der Waals surface area contributed by atoms with E-state index in [0.717, 1.165) is 24.6 Å². The molecule has 4 rings (SSSR count). The summed E-state index contributed by atoms with van der Waals surface area (Å²) >= 11 is 0. The van der Waals surface area contributed by atoms with Crippen molar-refractivity contribution in [3.8, 4) is 11.5 Å². The minimum atomic E-state index is -0.401. The summed E-state index contributed by atoms with van der Waals surface area (Å²) < 4.78 is 11.6. The predicted molar refractivity (Wildman–Crippen MR) is 75.2 cm³/mol. The van der Waals surface area contributed by atoms with Crippen LogP contribution < -0.4 is 9.47 Å². The standard InChI is InChI=1S/C16H19NO3/c1-17-7-9-3-4-12(19-2)16-15(9)14-10(8-17)5-11(18)6-13(14)20-16/h3-5,11,13-14,18H,6-8H2,1-2H3/t11-,13+,14?/m0/s1. The second kappa shape index (κ2) is 4.24. The van der Waals surface area contributed by atoms with Crippen LogP contribution in [0.1, 0.15) is 23.5 Å². The first-order valence-corrected chi connectivity index (χ1v) is 7.11. The Morgan fingerprint density at radius 3 is 3.00 bits per heavy atom. The maximum Gasteiger partial charge on any atom is 0.165 e. The third kappa shape index (κ3) is 1.61. The summed E-state index contributed by atoms with van der Waals surface area (Å²) in [6, 6.07) is 4.14. The number of ether oxygens (including phenoxy) is 2. The van der Waals surface area contributed by atoms with Gasteiger partial charge in [0.2, 0.25) is 0 Å². The molecule has 1 unspecified atom stereocenters. The average molecular weight is 273 g/mol. The average Bonchev–Trinajstić information content (AvgIpc) is 2.70. The van der Waals surface area contributed by atoms with Gasteiger partial charge < -0.3 is 14.6 Å². The van der Waals surface area contributed by atoms with Crippen LogP contribution in [0.5, 0.6) is 11.5 Å². The lowest BCUT2D eigenvalue weighted by atomic mass is 9.80. The molecule has 1 aromatic carbocycles. The Labute approximate surface area is 118 Å². The van der Waals surface area contributed by atoms with Crippen molar-refractivity contribution in [2.45, 2.75) is 31.1 Å². The van der Waals surface area contributed by atoms with E-state index in [9.17, 15) is 5.11 Å². The van der Waals surface area contributed by atoms with Crippen molar-refractivity contribution in [3.63, 3.8) is 0 Å². The van der Waals surface area contributed by atoms with Gasteiger partial charge in [0.1, 0.15) is 6.10 Å². The minimum Gasteiger partial charge on any atom is -0.493 e. The van der Waals surface area contributed by atoms with Crippen molar-refractivity contribution in [2.24, 2.45) is 0 Å². The van der Waals surface area contributed by atoms with E-state index in [0.29, 0.717) is 6.42 Å². The summed E-state index contributed by atoms with van der Waals surface area (Å²) in [7, 11) is 3.80. The lowest BCUT2D eigenvalue weighted by Crippen LogP contribution is -2.32. The third-order valence-corrected chi connectivity index (χ3v) is 4.59. The molecule has 3 atom stereocenters. The van der Waals surface area contributed by atoms with Crippen LogP contribution in [-0.4, -0.2) is 42.9 Å². The summed E-state index contributed by atoms with van der Waals surface area (Å²) in [6.07, 6.45) is 2.32. The van der Waals surface area contributed by atoms with Gasteiger partial charge in [-0.05, 0) is 24.3 Å². The van der Waals surface area contributed by atoms with E-state index in [1.807, 2.05) is 12.1 Å². The number of benzene rings is 1. The highest BCUT2D eigenvalue weighted by Gasteiger charge is 2.44. The molecule has 3 aliphatic rings. The van der Waals surface area contributed by atoms with E-state index in [2.05, 4.69) is 18.0 Å². The molecular formula is C16H19NO3. The van der Waals surface area contributed by atoms with E-state index in [-0.39, 0.29) is 12.0 Å². The number of hydrogen-bond donors (Lipinski definition) is 1. The highest BCUT2D eigenvalue weighted by Crippen LogP contribution is 2.53. The fraction of sp³-hybridized carbons (Fsp3) is 0.500. The van der Waals surface area contributed by atoms with Crippen LogP contribution in [0.4, 0.5) is 0 Å². The molecular weight excluding hydrogens is 254 g/mol. The Kier molecular flexibility index (Phi) is 2.59. The smallest absolute Gasteiger partial charge is 0.165 e. The summed E-state index contributed by atoms with van der Waals surface area (Å²) in [5.41, 5.74) is 3.87. The highest BCUT2D eigenvalue weighted by molar-refractivity contribution is 5.59. The first kappa shape index (κ1) is 12.2. The molecule has 0 saturated heterocycles. The molecule has 1 aromatic rings. The zero-order chi connectivity index (χ0) is 13.9. The molecule has 0 radical (unpaired) electrons. The molecule has 4 heteroatoms. The van der Waals surface area contributed by atoms with E-state index in [1.165, 1.54) is 16.7 Å². The number of likely N-dealkylation sites (N-methyl/N-ethyl adjacent to an activating group) is 1. The van der Waals surface area contributed by atoms with Crippen molar-refractivity contribution in [3.05, 3.63) is 34.9 Å². The van der Waals surface area contributed by atoms with Crippen LogP contribution in [0, 0.1) is 0 Å². The number of nitrogens with zero attached hydrogens (tertiary/aromatic N) is 1. The molecule has 0 saturated carbocycles. The Bertz CT molecular complexity index is 596. The van der Waals surface area contributed by atoms with Gasteiger partial charge in [-0.2, -0.15) is 0 Å². The molecule has 20 heavy (non-hydrogen) atoms. The maximum atomic E-state index is 10.1. The topological polar surface area (TPSA) is 41.9 Å². The largest absolute Gasteiger partial charge is 0.493 e. The molecule has 106 valence electrons. The number of hydrogen-bond acceptors (Lipinski definition) is 4. The molecule has 1 N–H and O–H groups in total. The Morgan fingerprint density at radius 1 is 1.35 bits per heavy atom. The second-order valence-corrected chi connectivity index (χ2v) is 6.02. The van der Waals surface area contributed by atoms with E-state index < -0.39 is 6.10 Å². The fourth-order valence-corrected chi connectivity index (χ4v) is 3.86. The van der Waals surface area contributed by atoms with Gasteiger partial charge in [0, 0.05) is 31.0 Å². The zero-order valence-corrected chi connectivity index (χ0v) is 11.8. The molecule has 1 aliphatic carbocycles. The first-order chi connectivity index (χ1) is 9.67. The van der Waals surface area contributed by atoms with Gasteiger partial charge in [-0.15, -0.1) is 0 Å². The van der Waals surface area contributed by atoms with Crippen LogP contribution >= 0.6 is 0 Å². The first-order valence-electron chi connectivity index (χ1n) is 7.11. The number of methoxy groups -OCH3 is 1. The van der Waals surface area contributed by atoms with Crippen LogP contribution in [0.15, 0.2) is 23.8 Å². The number of rotatable bonds is 1. The van der Waals surface area contributed by atoms with Crippen molar-refractivity contribution < 1.29 is 14.6 Å². The SMILES string of the molecule is COc1ccc2c3c1O[C@@H]1C[C@@H](O)C=C(CN(C)C2)C31. The summed E-state index contributed by atoms with van der Waals surface area (Å²) in [4.78, 5) is 2.29. The van der Waals surface area contributed by atoms with Gasteiger partial charge in [0.05, 0.1) is 13.2 Å². The quantitative estimate of drug-likeness (QED) is 0.790. The van der Waals surface area contributed by atoms with Gasteiger partial charge in [-0.1, -0.05) is 12.1 Å². The van der Waals surface area contributed by atoms with Crippen LogP contribution in [0.25, 0.3) is 0 Å². The molecule has 0 aromatic heterocycles. The van der Waals surface area contributed by atoms with Crippen molar-refractivity contribution >= 4 is 0 Å². The predicted octanol–water partition coefficient (Wildman–Crippen LogP) is 1.68. The molecule has 2 aliphatic heterocycles. The number of aliphatic hydroxyl groups is 1. The molecule has 0 fully saturated rings. The highest BCUT2D eigenvalue weighted by atomic mass is 16.5. The Hall–Kier alpha value is -1.52. The summed E-state index contributed by atoms with van der Waals surface area (Å²) in [5.74, 6) is 1.97. The summed E-state index contributed by atoms with van der Waals surface area (Å²) in [6.45, 7) is 1.80. The van der Waals surface area contributed by atoms with Crippen molar-refractivity contribution in [1.29, 1.82) is 0 Å². The maximum absolute atomic E-state index is 10.1. The van der Waals surface area contributed by atoms with Gasteiger partial charge in [-0.25, -0.2) is 0 Å². The fourth-order valence-electron chi connectivity index (χ4n) is 3.86. The molecule has 0 bridgehead atoms. The minimum absolute atomic E-state index is 0.0431. The van der Waals surface area contributed by atoms with Crippen LogP contribution in [-0.2, 0) is 6.54 Å². The molecule has 0 amide bonds. The number of aliphatic hydroxyl groups excluding tert-OH is 1. The van der Waals surface area contributed by atoms with Gasteiger partial charge in [0.25, 0.3) is 0 Å². The lowest BCUT2D eigenvalue weighted by Gasteiger charge is -2.29. The normalized spacial score (nSPS) is 31.1. The van der Waals surface area contributed by atoms with Gasteiger partial charge in [0.15, 0.2) is 11.5 Å². The van der Waals surface area contributed by atoms with Crippen LogP contribution in [0.2, 0.25) is 0 Å². The van der Waals surface area contributed by atoms with Crippen molar-refractivity contribution in [2.75, 3.05) is 20.7 Å². The lowest BCUT2D eigenvalue weighted by molar-refractivity contribution is 0.111. The van der Waals surface area contributed by atoms with Crippen molar-refractivity contribution in [1.82, 2.24) is 4.90 Å². The van der Waals surface area contributed by atoms with Crippen LogP contribution in [0.3, 0.4) is 0 Å². The molecule has 4 nitrogen and oxygen atoms in total. The van der Waals surface area contributed by atoms with E-state index in [4.69, 9.17) is 9.47 Å². The molecule has 2 heterocycles. The Morgan fingerprint density at radius 2 is 2.20 bits per heavy atom. The third-order valence-electron chi connectivity index (χ3n) is 4.59. The van der Waals surface area contributed by atoms with Gasteiger partial charge in [-0.3, -0.25) is 4.90 Å². The second-order valence-electron chi connectivity index (χ2n) is 6.02. The molecule has 0 spiro atoms. The Balaban J connectivity index is 1.94.